The van der Waals surface area contributed by atoms with Crippen LogP contribution in [0.3, 0.4) is 0 Å². The highest BCUT2D eigenvalue weighted by Crippen LogP contribution is 2.11. The predicted molar refractivity (Wildman–Crippen MR) is 86.9 cm³/mol. The van der Waals surface area contributed by atoms with Gasteiger partial charge in [-0.25, -0.2) is 8.42 Å². The van der Waals surface area contributed by atoms with Crippen LogP contribution in [0.2, 0.25) is 0 Å². The number of unbranched alkanes of at least 4 members (excludes halogenated alkanes) is 4. The summed E-state index contributed by atoms with van der Waals surface area (Å²) in [5.74, 6) is 0.320. The van der Waals surface area contributed by atoms with Gasteiger partial charge in [0.05, 0.1) is 22.6 Å². The van der Waals surface area contributed by atoms with Crippen molar-refractivity contribution in [3.05, 3.63) is 35.4 Å². The van der Waals surface area contributed by atoms with E-state index in [9.17, 15) is 8.42 Å². The van der Waals surface area contributed by atoms with E-state index in [1.54, 1.807) is 13.8 Å². The topological polar surface area (TPSA) is 57.9 Å². The fourth-order valence-corrected chi connectivity index (χ4v) is 3.22. The van der Waals surface area contributed by atoms with Crippen LogP contribution in [0, 0.1) is 11.3 Å². The number of benzene rings is 1. The highest BCUT2D eigenvalue weighted by atomic mass is 32.2. The molecule has 1 rings (SSSR count). The Labute approximate surface area is 128 Å². The van der Waals surface area contributed by atoms with Gasteiger partial charge >= 0.3 is 0 Å². The maximum Gasteiger partial charge on any atom is 0.152 e. The Balaban J connectivity index is 2.11. The third-order valence-electron chi connectivity index (χ3n) is 3.70. The Bertz CT molecular complexity index is 553. The summed E-state index contributed by atoms with van der Waals surface area (Å²) in [7, 11) is -2.87. The number of nitrogens with zero attached hydrogens (tertiary/aromatic N) is 1. The number of nitriles is 1. The molecule has 0 saturated heterocycles. The van der Waals surface area contributed by atoms with Crippen LogP contribution in [0.15, 0.2) is 24.3 Å². The van der Waals surface area contributed by atoms with Gasteiger partial charge in [-0.05, 0) is 50.8 Å². The van der Waals surface area contributed by atoms with Crippen molar-refractivity contribution in [2.75, 3.05) is 5.75 Å². The third-order valence-corrected chi connectivity index (χ3v) is 5.99. The summed E-state index contributed by atoms with van der Waals surface area (Å²) in [5, 5.41) is 8.47. The lowest BCUT2D eigenvalue weighted by molar-refractivity contribution is 0.577. The van der Waals surface area contributed by atoms with Crippen LogP contribution in [0.1, 0.15) is 57.1 Å². The number of hydrogen-bond acceptors (Lipinski definition) is 3. The molecule has 3 nitrogen and oxygen atoms in total. The molecule has 0 aliphatic rings. The van der Waals surface area contributed by atoms with E-state index in [4.69, 9.17) is 5.26 Å². The summed E-state index contributed by atoms with van der Waals surface area (Å²) in [6.45, 7) is 3.49. The van der Waals surface area contributed by atoms with Crippen LogP contribution in [-0.2, 0) is 16.3 Å². The van der Waals surface area contributed by atoms with Crippen molar-refractivity contribution < 1.29 is 8.42 Å². The van der Waals surface area contributed by atoms with Crippen molar-refractivity contribution >= 4 is 9.84 Å². The Kier molecular flexibility index (Phi) is 7.45. The molecule has 0 N–H and O–H groups in total. The average Bonchev–Trinajstić information content (AvgIpc) is 2.46. The highest BCUT2D eigenvalue weighted by Gasteiger charge is 2.14. The smallest absolute Gasteiger partial charge is 0.152 e. The largest absolute Gasteiger partial charge is 0.229 e. The molecule has 0 saturated carbocycles. The molecular weight excluding hydrogens is 282 g/mol. The molecule has 1 aromatic rings. The molecule has 0 amide bonds. The lowest BCUT2D eigenvalue weighted by Gasteiger charge is -2.07. The lowest BCUT2D eigenvalue weighted by Crippen LogP contribution is -2.17. The fourth-order valence-electron chi connectivity index (χ4n) is 2.14. The van der Waals surface area contributed by atoms with Gasteiger partial charge in [0.25, 0.3) is 0 Å². The highest BCUT2D eigenvalue weighted by molar-refractivity contribution is 7.91. The molecule has 0 atom stereocenters. The zero-order valence-electron chi connectivity index (χ0n) is 13.0. The standard InChI is InChI=1S/C17H25NO2S/c1-15(2)21(19,20)13-7-5-3-4-6-8-16-9-11-17(14-18)12-10-16/h9-12,15H,3-8,13H2,1-2H3. The van der Waals surface area contributed by atoms with Crippen LogP contribution < -0.4 is 0 Å². The van der Waals surface area contributed by atoms with Crippen molar-refractivity contribution in [2.24, 2.45) is 0 Å². The molecule has 0 bridgehead atoms. The molecule has 4 heteroatoms. The maximum absolute atomic E-state index is 11.6. The van der Waals surface area contributed by atoms with Gasteiger partial charge < -0.3 is 0 Å². The van der Waals surface area contributed by atoms with Gasteiger partial charge in [0, 0.05) is 0 Å². The number of aryl methyl sites for hydroxylation is 1. The number of rotatable bonds is 9. The number of sulfone groups is 1. The van der Waals surface area contributed by atoms with Crippen molar-refractivity contribution in [1.82, 2.24) is 0 Å². The Morgan fingerprint density at radius 2 is 1.57 bits per heavy atom. The van der Waals surface area contributed by atoms with Crippen molar-refractivity contribution in [3.8, 4) is 6.07 Å². The summed E-state index contributed by atoms with van der Waals surface area (Å²) >= 11 is 0. The molecule has 0 spiro atoms. The summed E-state index contributed by atoms with van der Waals surface area (Å²) in [4.78, 5) is 0. The monoisotopic (exact) mass is 307 g/mol. The van der Waals surface area contributed by atoms with Crippen LogP contribution in [0.4, 0.5) is 0 Å². The van der Waals surface area contributed by atoms with Crippen LogP contribution in [0.5, 0.6) is 0 Å². The van der Waals surface area contributed by atoms with Gasteiger partial charge in [-0.15, -0.1) is 0 Å². The Hall–Kier alpha value is -1.34. The first-order valence-corrected chi connectivity index (χ1v) is 9.38. The first-order valence-electron chi connectivity index (χ1n) is 7.66. The fraction of sp³-hybridized carbons (Fsp3) is 0.588. The van der Waals surface area contributed by atoms with Gasteiger partial charge in [-0.3, -0.25) is 0 Å². The third kappa shape index (κ3) is 6.77. The van der Waals surface area contributed by atoms with Crippen molar-refractivity contribution in [2.45, 2.75) is 57.6 Å². The minimum Gasteiger partial charge on any atom is -0.229 e. The van der Waals surface area contributed by atoms with Crippen LogP contribution in [0.25, 0.3) is 0 Å². The molecule has 0 radical (unpaired) electrons. The van der Waals surface area contributed by atoms with Gasteiger partial charge in [0.1, 0.15) is 0 Å². The first kappa shape index (κ1) is 17.7. The SMILES string of the molecule is CC(C)S(=O)(=O)CCCCCCCc1ccc(C#N)cc1. The van der Waals surface area contributed by atoms with E-state index < -0.39 is 9.84 Å². The summed E-state index contributed by atoms with van der Waals surface area (Å²) in [5.41, 5.74) is 1.96. The quantitative estimate of drug-likeness (QED) is 0.651. The van der Waals surface area contributed by atoms with Gasteiger partial charge in [-0.1, -0.05) is 31.4 Å². The van der Waals surface area contributed by atoms with E-state index >= 15 is 0 Å². The van der Waals surface area contributed by atoms with E-state index in [2.05, 4.69) is 6.07 Å². The van der Waals surface area contributed by atoms with Gasteiger partial charge in [0.15, 0.2) is 9.84 Å². The molecular formula is C17H25NO2S. The minimum atomic E-state index is -2.87. The zero-order chi connectivity index (χ0) is 15.7. The van der Waals surface area contributed by atoms with E-state index in [0.717, 1.165) is 38.5 Å². The van der Waals surface area contributed by atoms with E-state index in [-0.39, 0.29) is 5.25 Å². The van der Waals surface area contributed by atoms with Gasteiger partial charge in [-0.2, -0.15) is 5.26 Å². The Morgan fingerprint density at radius 3 is 2.14 bits per heavy atom. The van der Waals surface area contributed by atoms with Gasteiger partial charge in [0.2, 0.25) is 0 Å². The van der Waals surface area contributed by atoms with Crippen molar-refractivity contribution in [1.29, 1.82) is 5.26 Å². The second-order valence-corrected chi connectivity index (χ2v) is 8.42. The molecule has 0 heterocycles. The van der Waals surface area contributed by atoms with E-state index in [1.165, 1.54) is 5.56 Å². The second-order valence-electron chi connectivity index (χ2n) is 5.74. The summed E-state index contributed by atoms with van der Waals surface area (Å²) < 4.78 is 23.3. The Morgan fingerprint density at radius 1 is 1.00 bits per heavy atom. The number of hydrogen-bond donors (Lipinski definition) is 0. The molecule has 0 fully saturated rings. The first-order chi connectivity index (χ1) is 9.95. The van der Waals surface area contributed by atoms with Crippen molar-refractivity contribution in [3.63, 3.8) is 0 Å². The predicted octanol–water partition coefficient (Wildman–Crippen LogP) is 3.87. The van der Waals surface area contributed by atoms with E-state index in [1.807, 2.05) is 24.3 Å². The average molecular weight is 307 g/mol. The molecule has 116 valence electrons. The molecule has 0 aliphatic heterocycles. The van der Waals surface area contributed by atoms with Crippen LogP contribution >= 0.6 is 0 Å². The molecule has 0 unspecified atom stereocenters. The molecule has 0 aliphatic carbocycles. The zero-order valence-corrected chi connectivity index (χ0v) is 13.8. The maximum atomic E-state index is 11.6. The minimum absolute atomic E-state index is 0.256. The molecule has 21 heavy (non-hydrogen) atoms. The normalized spacial score (nSPS) is 11.5. The van der Waals surface area contributed by atoms with Crippen LogP contribution in [-0.4, -0.2) is 19.4 Å². The summed E-state index contributed by atoms with van der Waals surface area (Å²) in [6, 6.07) is 9.84. The molecule has 1 aromatic carbocycles. The van der Waals surface area contributed by atoms with E-state index in [0.29, 0.717) is 11.3 Å². The second kappa shape index (κ2) is 8.84. The molecule has 0 aromatic heterocycles. The summed E-state index contributed by atoms with van der Waals surface area (Å²) in [6.07, 6.45) is 6.11. The lowest BCUT2D eigenvalue weighted by atomic mass is 10.0.